The number of nitrogens with zero attached hydrogens (tertiary/aromatic N) is 4. The zero-order chi connectivity index (χ0) is 23.6. The first-order chi connectivity index (χ1) is 15.8. The van der Waals surface area contributed by atoms with E-state index in [1.807, 2.05) is 11.6 Å². The van der Waals surface area contributed by atoms with Gasteiger partial charge in [-0.25, -0.2) is 13.4 Å². The Morgan fingerprint density at radius 2 is 2.00 bits per heavy atom. The van der Waals surface area contributed by atoms with Gasteiger partial charge in [0.05, 0.1) is 29.1 Å². The van der Waals surface area contributed by atoms with Crippen LogP contribution < -0.4 is 5.32 Å². The van der Waals surface area contributed by atoms with Crippen LogP contribution in [0.1, 0.15) is 32.5 Å². The van der Waals surface area contributed by atoms with Gasteiger partial charge >= 0.3 is 0 Å². The first kappa shape index (κ1) is 24.1. The molecule has 2 aliphatic rings. The van der Waals surface area contributed by atoms with Crippen LogP contribution in [0.15, 0.2) is 23.1 Å². The summed E-state index contributed by atoms with van der Waals surface area (Å²) in [6.07, 6.45) is 1.99. The van der Waals surface area contributed by atoms with E-state index in [4.69, 9.17) is 4.74 Å². The molecule has 1 aromatic heterocycles. The van der Waals surface area contributed by atoms with Crippen molar-refractivity contribution in [3.05, 3.63) is 24.0 Å². The van der Waals surface area contributed by atoms with E-state index < -0.39 is 10.0 Å². The van der Waals surface area contributed by atoms with Crippen LogP contribution in [0.5, 0.6) is 0 Å². The van der Waals surface area contributed by atoms with Crippen molar-refractivity contribution in [2.45, 2.75) is 44.0 Å². The van der Waals surface area contributed by atoms with E-state index in [0.29, 0.717) is 63.2 Å². The van der Waals surface area contributed by atoms with Gasteiger partial charge in [-0.15, -0.1) is 0 Å². The van der Waals surface area contributed by atoms with Crippen molar-refractivity contribution < 1.29 is 17.9 Å². The fourth-order valence-electron chi connectivity index (χ4n) is 4.62. The highest BCUT2D eigenvalue weighted by Crippen LogP contribution is 2.23. The molecule has 1 amide bonds. The number of morpholine rings is 1. The van der Waals surface area contributed by atoms with Gasteiger partial charge in [0.2, 0.25) is 15.9 Å². The van der Waals surface area contributed by atoms with Crippen LogP contribution in [-0.2, 0) is 33.0 Å². The fourth-order valence-corrected chi connectivity index (χ4v) is 6.05. The fraction of sp³-hybridized carbons (Fsp3) is 0.652. The van der Waals surface area contributed by atoms with Crippen LogP contribution in [0.2, 0.25) is 0 Å². The van der Waals surface area contributed by atoms with E-state index in [9.17, 15) is 13.2 Å². The molecule has 1 unspecified atom stereocenters. The highest BCUT2D eigenvalue weighted by Gasteiger charge is 2.27. The number of sulfonamides is 1. The molecule has 0 saturated carbocycles. The molecule has 1 atom stereocenters. The van der Waals surface area contributed by atoms with Gasteiger partial charge in [0, 0.05) is 52.1 Å². The van der Waals surface area contributed by atoms with Crippen LogP contribution in [-0.4, -0.2) is 85.1 Å². The standard InChI is InChI=1S/C23H35N5O4S/c1-17(2)27-9-8-18(16-27)15-24-23(29)7-6-22-25-20-14-19(4-5-21(20)26(22)3)33(30,31)28-10-12-32-13-11-28/h4-5,14,17-18H,6-13,15-16H2,1-3H3,(H,24,29). The average Bonchev–Trinajstić information content (AvgIpc) is 3.41. The number of imidazole rings is 1. The Hall–Kier alpha value is -2.01. The van der Waals surface area contributed by atoms with Crippen molar-refractivity contribution in [1.29, 1.82) is 0 Å². The molecular weight excluding hydrogens is 442 g/mol. The number of amides is 1. The van der Waals surface area contributed by atoms with Crippen molar-refractivity contribution in [2.24, 2.45) is 13.0 Å². The summed E-state index contributed by atoms with van der Waals surface area (Å²) in [5.74, 6) is 1.31. The number of hydrogen-bond donors (Lipinski definition) is 1. The predicted molar refractivity (Wildman–Crippen MR) is 126 cm³/mol. The molecule has 2 aromatic rings. The van der Waals surface area contributed by atoms with Gasteiger partial charge in [0.15, 0.2) is 0 Å². The lowest BCUT2D eigenvalue weighted by atomic mass is 10.1. The summed E-state index contributed by atoms with van der Waals surface area (Å²) < 4.78 is 34.6. The van der Waals surface area contributed by atoms with Crippen LogP contribution >= 0.6 is 0 Å². The van der Waals surface area contributed by atoms with E-state index in [2.05, 4.69) is 29.0 Å². The Morgan fingerprint density at radius 1 is 1.24 bits per heavy atom. The highest BCUT2D eigenvalue weighted by atomic mass is 32.2. The van der Waals surface area contributed by atoms with Gasteiger partial charge in [-0.05, 0) is 50.9 Å². The minimum atomic E-state index is -3.57. The van der Waals surface area contributed by atoms with Crippen LogP contribution in [0.25, 0.3) is 11.0 Å². The maximum Gasteiger partial charge on any atom is 0.243 e. The summed E-state index contributed by atoms with van der Waals surface area (Å²) in [5.41, 5.74) is 1.48. The minimum absolute atomic E-state index is 0.0284. The average molecular weight is 478 g/mol. The van der Waals surface area contributed by atoms with E-state index in [1.54, 1.807) is 18.2 Å². The number of carbonyl (C=O) groups is 1. The number of aromatic nitrogens is 2. The van der Waals surface area contributed by atoms with Gasteiger partial charge in [-0.3, -0.25) is 4.79 Å². The normalized spacial score (nSPS) is 20.7. The number of likely N-dealkylation sites (tertiary alicyclic amines) is 1. The number of hydrogen-bond acceptors (Lipinski definition) is 6. The molecule has 4 rings (SSSR count). The molecule has 2 saturated heterocycles. The third kappa shape index (κ3) is 5.40. The molecule has 3 heterocycles. The molecule has 33 heavy (non-hydrogen) atoms. The summed E-state index contributed by atoms with van der Waals surface area (Å²) >= 11 is 0. The number of ether oxygens (including phenoxy) is 1. The molecule has 1 N–H and O–H groups in total. The van der Waals surface area contributed by atoms with Gasteiger partial charge in [0.1, 0.15) is 5.82 Å². The Bertz CT molecular complexity index is 1090. The molecule has 0 spiro atoms. The lowest BCUT2D eigenvalue weighted by Gasteiger charge is -2.26. The highest BCUT2D eigenvalue weighted by molar-refractivity contribution is 7.89. The lowest BCUT2D eigenvalue weighted by molar-refractivity contribution is -0.121. The van der Waals surface area contributed by atoms with Crippen molar-refractivity contribution in [3.8, 4) is 0 Å². The van der Waals surface area contributed by atoms with Gasteiger partial charge in [0.25, 0.3) is 0 Å². The molecule has 10 heteroatoms. The summed E-state index contributed by atoms with van der Waals surface area (Å²) in [6, 6.07) is 5.60. The first-order valence-corrected chi connectivity index (χ1v) is 13.2. The Kier molecular flexibility index (Phi) is 7.37. The first-order valence-electron chi connectivity index (χ1n) is 11.8. The quantitative estimate of drug-likeness (QED) is 0.617. The Labute approximate surface area is 196 Å². The predicted octanol–water partition coefficient (Wildman–Crippen LogP) is 1.37. The Morgan fingerprint density at radius 3 is 2.70 bits per heavy atom. The molecule has 2 fully saturated rings. The topological polar surface area (TPSA) is 96.8 Å². The number of fused-ring (bicyclic) bond motifs is 1. The molecule has 182 valence electrons. The monoisotopic (exact) mass is 477 g/mol. The lowest BCUT2D eigenvalue weighted by Crippen LogP contribution is -2.40. The number of rotatable bonds is 8. The summed E-state index contributed by atoms with van der Waals surface area (Å²) in [6.45, 7) is 8.81. The smallest absolute Gasteiger partial charge is 0.243 e. The van der Waals surface area contributed by atoms with Crippen molar-refractivity contribution in [1.82, 2.24) is 24.1 Å². The second kappa shape index (κ2) is 10.1. The number of carbonyl (C=O) groups excluding carboxylic acids is 1. The number of nitrogens with one attached hydrogen (secondary N) is 1. The number of aryl methyl sites for hydroxylation is 2. The molecule has 0 bridgehead atoms. The van der Waals surface area contributed by atoms with Gasteiger partial charge in [-0.1, -0.05) is 0 Å². The van der Waals surface area contributed by atoms with E-state index in [0.717, 1.165) is 30.9 Å². The van der Waals surface area contributed by atoms with Gasteiger partial charge < -0.3 is 19.5 Å². The van der Waals surface area contributed by atoms with Crippen LogP contribution in [0.3, 0.4) is 0 Å². The van der Waals surface area contributed by atoms with Gasteiger partial charge in [-0.2, -0.15) is 4.31 Å². The van der Waals surface area contributed by atoms with E-state index >= 15 is 0 Å². The second-order valence-corrected chi connectivity index (χ2v) is 11.2. The molecule has 0 radical (unpaired) electrons. The second-order valence-electron chi connectivity index (χ2n) is 9.30. The van der Waals surface area contributed by atoms with Crippen molar-refractivity contribution >= 4 is 27.0 Å². The summed E-state index contributed by atoms with van der Waals surface area (Å²) in [4.78, 5) is 19.7. The molecule has 0 aliphatic carbocycles. The maximum atomic E-state index is 13.0. The third-order valence-electron chi connectivity index (χ3n) is 6.76. The Balaban J connectivity index is 1.36. The van der Waals surface area contributed by atoms with E-state index in [1.165, 1.54) is 4.31 Å². The zero-order valence-corrected chi connectivity index (χ0v) is 20.6. The largest absolute Gasteiger partial charge is 0.379 e. The molecule has 2 aliphatic heterocycles. The molecule has 9 nitrogen and oxygen atoms in total. The van der Waals surface area contributed by atoms with Crippen LogP contribution in [0.4, 0.5) is 0 Å². The molecular formula is C23H35N5O4S. The van der Waals surface area contributed by atoms with Crippen molar-refractivity contribution in [2.75, 3.05) is 45.9 Å². The zero-order valence-electron chi connectivity index (χ0n) is 19.8. The summed E-state index contributed by atoms with van der Waals surface area (Å²) in [5, 5.41) is 3.08. The number of benzene rings is 1. The van der Waals surface area contributed by atoms with E-state index in [-0.39, 0.29) is 10.8 Å². The molecule has 1 aromatic carbocycles. The SMILES string of the molecule is CC(C)N1CCC(CNC(=O)CCc2nc3cc(S(=O)(=O)N4CCOCC4)ccc3n2C)C1. The minimum Gasteiger partial charge on any atom is -0.379 e. The van der Waals surface area contributed by atoms with Crippen molar-refractivity contribution in [3.63, 3.8) is 0 Å². The maximum absolute atomic E-state index is 13.0. The van der Waals surface area contributed by atoms with Crippen LogP contribution in [0, 0.1) is 5.92 Å². The third-order valence-corrected chi connectivity index (χ3v) is 8.66. The summed E-state index contributed by atoms with van der Waals surface area (Å²) in [7, 11) is -1.67.